The first kappa shape index (κ1) is 8.52. The quantitative estimate of drug-likeness (QED) is 0.478. The molecule has 0 aromatic heterocycles. The Hall–Kier alpha value is -0.482. The Kier molecular flexibility index (Phi) is 3.34. The Morgan fingerprint density at radius 1 is 1.11 bits per heavy atom. The second-order valence-corrected chi connectivity index (χ2v) is 5.39. The summed E-state index contributed by atoms with van der Waals surface area (Å²) in [6, 6.07) is 0. The second kappa shape index (κ2) is 3.53. The maximum absolute atomic E-state index is 8.93. The normalized spacial score (nSPS) is 9.11. The average molecular weight is 187 g/mol. The molecular weight excluding hydrogens is 179 g/mol. The molecule has 0 rings (SSSR count). The summed E-state index contributed by atoms with van der Waals surface area (Å²) in [6.45, 7) is 6.40. The van der Waals surface area contributed by atoms with Crippen molar-refractivity contribution >= 4 is 14.2 Å². The zero-order chi connectivity index (χ0) is 7.33. The molecule has 0 fully saturated rings. The minimum atomic E-state index is -3.61. The van der Waals surface area contributed by atoms with E-state index in [0.717, 1.165) is 9.73 Å². The van der Waals surface area contributed by atoms with Gasteiger partial charge in [0.05, 0.1) is 0 Å². The number of rotatable bonds is 2. The summed E-state index contributed by atoms with van der Waals surface area (Å²) >= 11 is -3.61. The van der Waals surface area contributed by atoms with E-state index >= 15 is 0 Å². The van der Waals surface area contributed by atoms with E-state index in [0.29, 0.717) is 0 Å². The fraction of sp³-hybridized carbons (Fsp3) is 0. The molecule has 0 saturated carbocycles. The predicted octanol–water partition coefficient (Wildman–Crippen LogP) is 0.174. The molecule has 0 aliphatic rings. The Labute approximate surface area is 57.3 Å². The molecule has 0 amide bonds. The van der Waals surface area contributed by atoms with Gasteiger partial charge in [-0.2, -0.15) is 0 Å². The van der Waals surface area contributed by atoms with Crippen molar-refractivity contribution in [2.24, 2.45) is 0 Å². The first-order chi connectivity index (χ1) is 4.12. The van der Waals surface area contributed by atoms with Crippen LogP contribution in [0.5, 0.6) is 0 Å². The third-order valence-electron chi connectivity index (χ3n) is 0.563. The number of hydrogen-bond donors (Lipinski definition) is 2. The molecule has 2 N–H and O–H groups in total. The van der Waals surface area contributed by atoms with Crippen LogP contribution in [-0.4, -0.2) is 22.4 Å². The van der Waals surface area contributed by atoms with E-state index in [1.54, 1.807) is 0 Å². The molecule has 0 heterocycles. The van der Waals surface area contributed by atoms with Gasteiger partial charge in [-0.15, -0.1) is 0 Å². The van der Waals surface area contributed by atoms with Gasteiger partial charge in [0, 0.05) is 0 Å². The van der Waals surface area contributed by atoms with Gasteiger partial charge >= 0.3 is 56.8 Å². The van der Waals surface area contributed by atoms with Crippen molar-refractivity contribution in [3.05, 3.63) is 34.3 Å². The molecule has 0 aromatic rings. The zero-order valence-electron chi connectivity index (χ0n) is 4.91. The van der Waals surface area contributed by atoms with Gasteiger partial charge in [0.1, 0.15) is 0 Å². The Morgan fingerprint density at radius 3 is 1.67 bits per heavy atom. The first-order valence-corrected chi connectivity index (χ1v) is 6.05. The van der Waals surface area contributed by atoms with Crippen LogP contribution in [0.1, 0.15) is 0 Å². The first-order valence-electron chi connectivity index (χ1n) is 2.20. The molecule has 0 spiro atoms. The SMILES string of the molecule is C=C=C[As](O)(O)C=C=C. The summed E-state index contributed by atoms with van der Waals surface area (Å²) < 4.78 is 17.9. The Bertz CT molecular complexity index is 163. The Morgan fingerprint density at radius 2 is 1.44 bits per heavy atom. The van der Waals surface area contributed by atoms with E-state index in [1.807, 2.05) is 0 Å². The van der Waals surface area contributed by atoms with Crippen molar-refractivity contribution < 1.29 is 8.19 Å². The van der Waals surface area contributed by atoms with E-state index in [2.05, 4.69) is 24.6 Å². The van der Waals surface area contributed by atoms with Gasteiger partial charge in [0.2, 0.25) is 0 Å². The van der Waals surface area contributed by atoms with Gasteiger partial charge in [-0.25, -0.2) is 0 Å². The van der Waals surface area contributed by atoms with Crippen molar-refractivity contribution in [2.45, 2.75) is 0 Å². The predicted molar refractivity (Wildman–Crippen MR) is 37.6 cm³/mol. The summed E-state index contributed by atoms with van der Waals surface area (Å²) in [5.41, 5.74) is 4.59. The molecule has 0 aliphatic heterocycles. The molecule has 0 aromatic carbocycles. The maximum atomic E-state index is 8.93. The summed E-state index contributed by atoms with van der Waals surface area (Å²) in [4.78, 5) is 2.33. The van der Waals surface area contributed by atoms with Crippen LogP contribution in [0.25, 0.3) is 0 Å². The van der Waals surface area contributed by atoms with Crippen molar-refractivity contribution in [1.82, 2.24) is 0 Å². The topological polar surface area (TPSA) is 40.5 Å². The third kappa shape index (κ3) is 4.05. The van der Waals surface area contributed by atoms with Crippen LogP contribution in [0.2, 0.25) is 0 Å². The third-order valence-corrected chi connectivity index (χ3v) is 2.92. The van der Waals surface area contributed by atoms with Crippen LogP contribution < -0.4 is 0 Å². The van der Waals surface area contributed by atoms with Gasteiger partial charge in [-0.3, -0.25) is 0 Å². The molecule has 0 atom stereocenters. The van der Waals surface area contributed by atoms with Crippen LogP contribution >= 0.6 is 0 Å². The van der Waals surface area contributed by atoms with Crippen molar-refractivity contribution in [2.75, 3.05) is 0 Å². The van der Waals surface area contributed by atoms with Gasteiger partial charge < -0.3 is 0 Å². The van der Waals surface area contributed by atoms with Crippen molar-refractivity contribution in [3.63, 3.8) is 0 Å². The molecule has 0 bridgehead atoms. The molecule has 2 nitrogen and oxygen atoms in total. The van der Waals surface area contributed by atoms with E-state index in [-0.39, 0.29) is 0 Å². The molecule has 0 aliphatic carbocycles. The molecule has 3 heteroatoms. The van der Waals surface area contributed by atoms with Crippen LogP contribution in [-0.2, 0) is 0 Å². The van der Waals surface area contributed by atoms with Crippen LogP contribution in [0.15, 0.2) is 34.3 Å². The van der Waals surface area contributed by atoms with Crippen LogP contribution in [0.4, 0.5) is 0 Å². The van der Waals surface area contributed by atoms with Gasteiger partial charge in [0.15, 0.2) is 0 Å². The molecule has 49 valence electrons. The summed E-state index contributed by atoms with van der Waals surface area (Å²) in [6.07, 6.45) is 0. The van der Waals surface area contributed by atoms with Crippen LogP contribution in [0.3, 0.4) is 0 Å². The number of hydrogen-bond acceptors (Lipinski definition) is 2. The monoisotopic (exact) mass is 187 g/mol. The zero-order valence-corrected chi connectivity index (χ0v) is 6.79. The summed E-state index contributed by atoms with van der Waals surface area (Å²) in [5, 5.41) is 0. The molecule has 1 radical (unpaired) electrons. The van der Waals surface area contributed by atoms with E-state index in [1.165, 1.54) is 0 Å². The summed E-state index contributed by atoms with van der Waals surface area (Å²) in [5.74, 6) is 0. The fourth-order valence-electron chi connectivity index (χ4n) is 0.306. The van der Waals surface area contributed by atoms with Gasteiger partial charge in [-0.1, -0.05) is 0 Å². The fourth-order valence-corrected chi connectivity index (χ4v) is 1.59. The molecular formula is C6H8AsO2. The van der Waals surface area contributed by atoms with E-state index in [9.17, 15) is 0 Å². The molecule has 0 unspecified atom stereocenters. The van der Waals surface area contributed by atoms with E-state index in [4.69, 9.17) is 8.19 Å². The van der Waals surface area contributed by atoms with Gasteiger partial charge in [-0.05, 0) is 0 Å². The second-order valence-electron chi connectivity index (χ2n) is 1.37. The van der Waals surface area contributed by atoms with Gasteiger partial charge in [0.25, 0.3) is 0 Å². The Balaban J connectivity index is 4.36. The van der Waals surface area contributed by atoms with Crippen molar-refractivity contribution in [1.29, 1.82) is 0 Å². The van der Waals surface area contributed by atoms with E-state index < -0.39 is 14.2 Å². The molecule has 9 heavy (non-hydrogen) atoms. The standard InChI is InChI=1S/C6H8AsO2/c1-3-5-7(8,9)6-4-2/h5-6,8-9H,1-2H2. The molecule has 0 saturated heterocycles. The van der Waals surface area contributed by atoms with Crippen molar-refractivity contribution in [3.8, 4) is 0 Å². The summed E-state index contributed by atoms with van der Waals surface area (Å²) in [7, 11) is 0. The average Bonchev–Trinajstić information content (AvgIpc) is 1.64. The van der Waals surface area contributed by atoms with Crippen LogP contribution in [0, 0.1) is 0 Å². The minimum absolute atomic E-state index is 1.16.